The zero-order valence-electron chi connectivity index (χ0n) is 9.14. The van der Waals surface area contributed by atoms with E-state index in [-0.39, 0.29) is 11.6 Å². The van der Waals surface area contributed by atoms with Crippen LogP contribution in [0, 0.1) is 0 Å². The predicted molar refractivity (Wildman–Crippen MR) is 53.8 cm³/mol. The summed E-state index contributed by atoms with van der Waals surface area (Å²) in [6, 6.07) is 0. The molecule has 0 unspecified atom stereocenters. The fourth-order valence-corrected chi connectivity index (χ4v) is 1.40. The number of rotatable bonds is 5. The van der Waals surface area contributed by atoms with Gasteiger partial charge < -0.3 is 10.1 Å². The number of ether oxygens (including phenoxy) is 1. The van der Waals surface area contributed by atoms with E-state index in [2.05, 4.69) is 26.1 Å². The summed E-state index contributed by atoms with van der Waals surface area (Å²) in [6.45, 7) is 8.49. The van der Waals surface area contributed by atoms with Crippen molar-refractivity contribution in [1.82, 2.24) is 5.32 Å². The van der Waals surface area contributed by atoms with Crippen molar-refractivity contribution in [2.24, 2.45) is 0 Å². The van der Waals surface area contributed by atoms with Gasteiger partial charge in [-0.1, -0.05) is 20.8 Å². The van der Waals surface area contributed by atoms with E-state index in [4.69, 9.17) is 4.74 Å². The smallest absolute Gasteiger partial charge is 0.407 e. The minimum atomic E-state index is -0.298. The van der Waals surface area contributed by atoms with Crippen molar-refractivity contribution in [2.75, 3.05) is 6.61 Å². The Bertz CT molecular complexity index is 145. The Morgan fingerprint density at radius 1 is 1.15 bits per heavy atom. The largest absolute Gasteiger partial charge is 0.450 e. The maximum absolute atomic E-state index is 11.2. The summed E-state index contributed by atoms with van der Waals surface area (Å²) in [6.07, 6.45) is 2.53. The number of nitrogens with one attached hydrogen (secondary N) is 1. The Hall–Kier alpha value is -0.730. The maximum atomic E-state index is 11.2. The van der Waals surface area contributed by atoms with Gasteiger partial charge in [0.15, 0.2) is 0 Å². The van der Waals surface area contributed by atoms with Crippen molar-refractivity contribution in [3.05, 3.63) is 0 Å². The van der Waals surface area contributed by atoms with E-state index in [1.165, 1.54) is 0 Å². The van der Waals surface area contributed by atoms with Gasteiger partial charge in [0.05, 0.1) is 6.61 Å². The lowest BCUT2D eigenvalue weighted by Crippen LogP contribution is -2.47. The third-order valence-electron chi connectivity index (χ3n) is 2.67. The molecule has 0 aliphatic rings. The van der Waals surface area contributed by atoms with Gasteiger partial charge in [-0.2, -0.15) is 0 Å². The van der Waals surface area contributed by atoms with E-state index in [1.54, 1.807) is 0 Å². The molecule has 0 aromatic carbocycles. The molecule has 0 radical (unpaired) electrons. The van der Waals surface area contributed by atoms with E-state index in [9.17, 15) is 4.79 Å². The first kappa shape index (κ1) is 12.3. The summed E-state index contributed by atoms with van der Waals surface area (Å²) < 4.78 is 4.85. The lowest BCUT2D eigenvalue weighted by Gasteiger charge is -2.31. The summed E-state index contributed by atoms with van der Waals surface area (Å²) in [5, 5.41) is 2.92. The van der Waals surface area contributed by atoms with Gasteiger partial charge in [-0.05, 0) is 26.2 Å². The number of hydrogen-bond acceptors (Lipinski definition) is 2. The van der Waals surface area contributed by atoms with Crippen molar-refractivity contribution in [3.63, 3.8) is 0 Å². The van der Waals surface area contributed by atoms with Crippen LogP contribution in [0.3, 0.4) is 0 Å². The van der Waals surface area contributed by atoms with E-state index in [0.29, 0.717) is 6.61 Å². The molecule has 3 nitrogen and oxygen atoms in total. The number of alkyl carbamates (subject to hydrolysis) is 1. The molecule has 0 spiro atoms. The number of amides is 1. The lowest BCUT2D eigenvalue weighted by atomic mass is 9.90. The van der Waals surface area contributed by atoms with Crippen molar-refractivity contribution >= 4 is 6.09 Å². The monoisotopic (exact) mass is 187 g/mol. The Kier molecular flexibility index (Phi) is 5.51. The van der Waals surface area contributed by atoms with Crippen molar-refractivity contribution in [2.45, 2.75) is 52.5 Å². The summed E-state index contributed by atoms with van der Waals surface area (Å²) in [5.74, 6) is 0. The zero-order valence-corrected chi connectivity index (χ0v) is 9.14. The highest BCUT2D eigenvalue weighted by Gasteiger charge is 2.26. The fraction of sp³-hybridized carbons (Fsp3) is 0.900. The highest BCUT2D eigenvalue weighted by Crippen LogP contribution is 2.19. The van der Waals surface area contributed by atoms with Gasteiger partial charge in [0.25, 0.3) is 0 Å². The van der Waals surface area contributed by atoms with Crippen molar-refractivity contribution < 1.29 is 9.53 Å². The standard InChI is InChI=1S/C10H21NO2/c1-5-10(6-2,7-3)11-9(12)13-8-4/h5-8H2,1-4H3,(H,11,12). The second kappa shape index (κ2) is 5.84. The number of hydrogen-bond donors (Lipinski definition) is 1. The van der Waals surface area contributed by atoms with Crippen LogP contribution >= 0.6 is 0 Å². The molecule has 13 heavy (non-hydrogen) atoms. The third kappa shape index (κ3) is 3.66. The molecule has 0 bridgehead atoms. The summed E-state index contributed by atoms with van der Waals surface area (Å²) in [5.41, 5.74) is -0.0771. The first-order valence-electron chi connectivity index (χ1n) is 5.09. The Morgan fingerprint density at radius 2 is 1.62 bits per heavy atom. The van der Waals surface area contributed by atoms with Crippen LogP contribution in [0.4, 0.5) is 4.79 Å². The molecule has 0 aromatic rings. The second-order valence-corrected chi connectivity index (χ2v) is 3.19. The summed E-state index contributed by atoms with van der Waals surface area (Å²) >= 11 is 0. The molecule has 1 amide bonds. The molecule has 0 aromatic heterocycles. The van der Waals surface area contributed by atoms with E-state index in [1.807, 2.05) is 6.92 Å². The normalized spacial score (nSPS) is 11.1. The van der Waals surface area contributed by atoms with Crippen LogP contribution in [-0.2, 0) is 4.74 Å². The topological polar surface area (TPSA) is 38.3 Å². The molecule has 0 aliphatic carbocycles. The molecule has 78 valence electrons. The molecular formula is C10H21NO2. The minimum absolute atomic E-state index is 0.0771. The molecule has 0 rings (SSSR count). The van der Waals surface area contributed by atoms with Gasteiger partial charge in [-0.15, -0.1) is 0 Å². The van der Waals surface area contributed by atoms with Crippen LogP contribution < -0.4 is 5.32 Å². The molecular weight excluding hydrogens is 166 g/mol. The molecule has 1 N–H and O–H groups in total. The van der Waals surface area contributed by atoms with Crippen molar-refractivity contribution in [3.8, 4) is 0 Å². The van der Waals surface area contributed by atoms with Gasteiger partial charge >= 0.3 is 6.09 Å². The highest BCUT2D eigenvalue weighted by atomic mass is 16.5. The fourth-order valence-electron chi connectivity index (χ4n) is 1.40. The van der Waals surface area contributed by atoms with E-state index >= 15 is 0 Å². The van der Waals surface area contributed by atoms with Gasteiger partial charge in [0.1, 0.15) is 0 Å². The van der Waals surface area contributed by atoms with Crippen LogP contribution in [0.15, 0.2) is 0 Å². The molecule has 0 saturated carbocycles. The van der Waals surface area contributed by atoms with Gasteiger partial charge in [-0.25, -0.2) is 4.79 Å². The summed E-state index contributed by atoms with van der Waals surface area (Å²) in [7, 11) is 0. The quantitative estimate of drug-likeness (QED) is 0.718. The SMILES string of the molecule is CCOC(=O)NC(CC)(CC)CC. The highest BCUT2D eigenvalue weighted by molar-refractivity contribution is 5.68. The Labute approximate surface area is 80.8 Å². The average Bonchev–Trinajstić information content (AvgIpc) is 2.15. The first-order chi connectivity index (χ1) is 6.14. The van der Waals surface area contributed by atoms with Gasteiger partial charge in [0, 0.05) is 5.54 Å². The molecule has 0 saturated heterocycles. The predicted octanol–water partition coefficient (Wildman–Crippen LogP) is 2.70. The Balaban J connectivity index is 4.16. The number of carbonyl (C=O) groups excluding carboxylic acids is 1. The number of carbonyl (C=O) groups is 1. The van der Waals surface area contributed by atoms with Crippen molar-refractivity contribution in [1.29, 1.82) is 0 Å². The second-order valence-electron chi connectivity index (χ2n) is 3.19. The van der Waals surface area contributed by atoms with Crippen LogP contribution in [-0.4, -0.2) is 18.2 Å². The first-order valence-corrected chi connectivity index (χ1v) is 5.09. The average molecular weight is 187 g/mol. The van der Waals surface area contributed by atoms with Crippen LogP contribution in [0.2, 0.25) is 0 Å². The summed E-state index contributed by atoms with van der Waals surface area (Å²) in [4.78, 5) is 11.2. The van der Waals surface area contributed by atoms with Gasteiger partial charge in [-0.3, -0.25) is 0 Å². The Morgan fingerprint density at radius 3 is 1.92 bits per heavy atom. The molecule has 0 heterocycles. The maximum Gasteiger partial charge on any atom is 0.407 e. The molecule has 3 heteroatoms. The van der Waals surface area contributed by atoms with E-state index in [0.717, 1.165) is 19.3 Å². The van der Waals surface area contributed by atoms with Crippen LogP contribution in [0.1, 0.15) is 47.0 Å². The minimum Gasteiger partial charge on any atom is -0.450 e. The molecule has 0 fully saturated rings. The zero-order chi connectivity index (χ0) is 10.3. The third-order valence-corrected chi connectivity index (χ3v) is 2.67. The lowest BCUT2D eigenvalue weighted by molar-refractivity contribution is 0.134. The molecule has 0 atom stereocenters. The van der Waals surface area contributed by atoms with Crippen LogP contribution in [0.25, 0.3) is 0 Å². The molecule has 0 aliphatic heterocycles. The van der Waals surface area contributed by atoms with Gasteiger partial charge in [0.2, 0.25) is 0 Å². The van der Waals surface area contributed by atoms with Crippen LogP contribution in [0.5, 0.6) is 0 Å². The van der Waals surface area contributed by atoms with E-state index < -0.39 is 0 Å².